The van der Waals surface area contributed by atoms with Crippen molar-refractivity contribution >= 4 is 10.8 Å². The van der Waals surface area contributed by atoms with Crippen LogP contribution in [0.3, 0.4) is 0 Å². The fourth-order valence-electron chi connectivity index (χ4n) is 3.43. The second kappa shape index (κ2) is 4.95. The largest absolute Gasteiger partial charge is 0.323 e. The normalized spacial score (nSPS) is 19.1. The highest BCUT2D eigenvalue weighted by atomic mass is 14.9. The lowest BCUT2D eigenvalue weighted by molar-refractivity contribution is 0.0954. The van der Waals surface area contributed by atoms with Crippen molar-refractivity contribution in [2.45, 2.75) is 25.3 Å². The number of hydrogen-bond acceptors (Lipinski definition) is 2. The van der Waals surface area contributed by atoms with Crippen LogP contribution >= 0.6 is 0 Å². The quantitative estimate of drug-likeness (QED) is 0.879. The summed E-state index contributed by atoms with van der Waals surface area (Å²) in [7, 11) is 2.02. The second-order valence-corrected chi connectivity index (χ2v) is 5.79. The zero-order chi connectivity index (χ0) is 13.3. The number of rotatable bonds is 4. The molecule has 0 radical (unpaired) electrons. The molecule has 0 heterocycles. The van der Waals surface area contributed by atoms with Crippen molar-refractivity contribution in [3.63, 3.8) is 0 Å². The van der Waals surface area contributed by atoms with Crippen LogP contribution in [-0.4, -0.2) is 13.6 Å². The summed E-state index contributed by atoms with van der Waals surface area (Å²) in [5, 5.41) is 5.92. The van der Waals surface area contributed by atoms with Crippen molar-refractivity contribution in [2.75, 3.05) is 13.6 Å². The highest BCUT2D eigenvalue weighted by Gasteiger charge is 2.42. The van der Waals surface area contributed by atoms with Gasteiger partial charge in [-0.2, -0.15) is 0 Å². The predicted octanol–water partition coefficient (Wildman–Crippen LogP) is 3.23. The van der Waals surface area contributed by atoms with Crippen LogP contribution in [0.5, 0.6) is 0 Å². The fraction of sp³-hybridized carbons (Fsp3) is 0.412. The Kier molecular flexibility index (Phi) is 3.29. The van der Waals surface area contributed by atoms with E-state index in [9.17, 15) is 0 Å². The number of benzene rings is 2. The van der Waals surface area contributed by atoms with Gasteiger partial charge in [-0.25, -0.2) is 0 Å². The van der Waals surface area contributed by atoms with Crippen molar-refractivity contribution in [1.82, 2.24) is 5.32 Å². The van der Waals surface area contributed by atoms with E-state index in [0.717, 1.165) is 6.54 Å². The standard InChI is InChI=1S/C17H22N2/c1-19-12-17(10-5-11-17)16(18)15-9-4-7-13-6-2-3-8-14(13)15/h2-4,6-9,16,19H,5,10-12,18H2,1H3. The molecule has 19 heavy (non-hydrogen) atoms. The Morgan fingerprint density at radius 2 is 1.89 bits per heavy atom. The third kappa shape index (κ3) is 2.05. The maximum atomic E-state index is 6.65. The van der Waals surface area contributed by atoms with E-state index in [-0.39, 0.29) is 11.5 Å². The summed E-state index contributed by atoms with van der Waals surface area (Å²) in [6, 6.07) is 15.2. The molecule has 0 bridgehead atoms. The van der Waals surface area contributed by atoms with Gasteiger partial charge in [0, 0.05) is 18.0 Å². The van der Waals surface area contributed by atoms with Crippen LogP contribution in [0.25, 0.3) is 10.8 Å². The number of nitrogens with two attached hydrogens (primary N) is 1. The van der Waals surface area contributed by atoms with Gasteiger partial charge in [0.15, 0.2) is 0 Å². The van der Waals surface area contributed by atoms with Gasteiger partial charge in [-0.05, 0) is 36.2 Å². The summed E-state index contributed by atoms with van der Waals surface area (Å²) >= 11 is 0. The molecule has 3 N–H and O–H groups in total. The van der Waals surface area contributed by atoms with E-state index in [4.69, 9.17) is 5.73 Å². The Morgan fingerprint density at radius 1 is 1.16 bits per heavy atom. The maximum absolute atomic E-state index is 6.65. The third-order valence-electron chi connectivity index (χ3n) is 4.70. The van der Waals surface area contributed by atoms with Gasteiger partial charge in [0.2, 0.25) is 0 Å². The van der Waals surface area contributed by atoms with E-state index in [1.807, 2.05) is 7.05 Å². The van der Waals surface area contributed by atoms with Crippen LogP contribution in [0.1, 0.15) is 30.9 Å². The number of nitrogens with one attached hydrogen (secondary N) is 1. The van der Waals surface area contributed by atoms with Gasteiger partial charge in [-0.3, -0.25) is 0 Å². The molecule has 0 aromatic heterocycles. The molecule has 0 saturated heterocycles. The van der Waals surface area contributed by atoms with E-state index in [1.54, 1.807) is 0 Å². The van der Waals surface area contributed by atoms with E-state index in [1.165, 1.54) is 35.6 Å². The smallest absolute Gasteiger partial charge is 0.0370 e. The Morgan fingerprint density at radius 3 is 2.58 bits per heavy atom. The minimum absolute atomic E-state index is 0.125. The van der Waals surface area contributed by atoms with Crippen molar-refractivity contribution in [3.05, 3.63) is 48.0 Å². The molecule has 1 aliphatic rings. The lowest BCUT2D eigenvalue weighted by Gasteiger charge is -2.47. The van der Waals surface area contributed by atoms with Gasteiger partial charge in [-0.1, -0.05) is 48.9 Å². The summed E-state index contributed by atoms with van der Waals surface area (Å²) in [4.78, 5) is 0. The summed E-state index contributed by atoms with van der Waals surface area (Å²) in [5.74, 6) is 0. The lowest BCUT2D eigenvalue weighted by Crippen LogP contribution is -2.47. The molecule has 0 spiro atoms. The first kappa shape index (κ1) is 12.6. The van der Waals surface area contributed by atoms with Crippen molar-refractivity contribution in [2.24, 2.45) is 11.1 Å². The molecule has 100 valence electrons. The SMILES string of the molecule is CNCC1(C(N)c2cccc3ccccc23)CCC1. The molecule has 1 fully saturated rings. The Labute approximate surface area is 115 Å². The zero-order valence-corrected chi connectivity index (χ0v) is 11.5. The average Bonchev–Trinajstić information content (AvgIpc) is 2.41. The van der Waals surface area contributed by atoms with Crippen LogP contribution in [0.4, 0.5) is 0 Å². The predicted molar refractivity (Wildman–Crippen MR) is 81.1 cm³/mol. The minimum atomic E-state index is 0.125. The van der Waals surface area contributed by atoms with E-state index in [2.05, 4.69) is 47.8 Å². The van der Waals surface area contributed by atoms with Crippen LogP contribution in [0.15, 0.2) is 42.5 Å². The number of fused-ring (bicyclic) bond motifs is 1. The molecule has 1 atom stereocenters. The first-order valence-corrected chi connectivity index (χ1v) is 7.15. The molecule has 1 saturated carbocycles. The summed E-state index contributed by atoms with van der Waals surface area (Å²) in [5.41, 5.74) is 8.20. The zero-order valence-electron chi connectivity index (χ0n) is 11.5. The van der Waals surface area contributed by atoms with E-state index < -0.39 is 0 Å². The molecule has 1 aliphatic carbocycles. The van der Waals surface area contributed by atoms with Gasteiger partial charge in [0.05, 0.1) is 0 Å². The molecule has 2 aromatic carbocycles. The molecule has 1 unspecified atom stereocenters. The molecular formula is C17H22N2. The summed E-state index contributed by atoms with van der Waals surface area (Å²) < 4.78 is 0. The third-order valence-corrected chi connectivity index (χ3v) is 4.70. The Hall–Kier alpha value is -1.38. The number of hydrogen-bond donors (Lipinski definition) is 2. The maximum Gasteiger partial charge on any atom is 0.0370 e. The summed E-state index contributed by atoms with van der Waals surface area (Å²) in [6.45, 7) is 1.01. The van der Waals surface area contributed by atoms with E-state index >= 15 is 0 Å². The highest BCUT2D eigenvalue weighted by molar-refractivity contribution is 5.86. The molecule has 2 nitrogen and oxygen atoms in total. The van der Waals surface area contributed by atoms with Crippen molar-refractivity contribution in [3.8, 4) is 0 Å². The fourth-order valence-corrected chi connectivity index (χ4v) is 3.43. The topological polar surface area (TPSA) is 38.0 Å². The van der Waals surface area contributed by atoms with Gasteiger partial charge in [0.25, 0.3) is 0 Å². The molecule has 2 aromatic rings. The molecule has 3 rings (SSSR count). The molecule has 0 aliphatic heterocycles. The molecule has 0 amide bonds. The van der Waals surface area contributed by atoms with Gasteiger partial charge in [-0.15, -0.1) is 0 Å². The van der Waals surface area contributed by atoms with Gasteiger partial charge >= 0.3 is 0 Å². The molecule has 2 heteroatoms. The van der Waals surface area contributed by atoms with Crippen LogP contribution in [0.2, 0.25) is 0 Å². The summed E-state index contributed by atoms with van der Waals surface area (Å²) in [6.07, 6.45) is 3.77. The minimum Gasteiger partial charge on any atom is -0.323 e. The van der Waals surface area contributed by atoms with Gasteiger partial charge in [0.1, 0.15) is 0 Å². The van der Waals surface area contributed by atoms with Crippen LogP contribution < -0.4 is 11.1 Å². The Balaban J connectivity index is 2.04. The monoisotopic (exact) mass is 254 g/mol. The first-order chi connectivity index (χ1) is 9.27. The van der Waals surface area contributed by atoms with Crippen molar-refractivity contribution < 1.29 is 0 Å². The Bertz CT molecular complexity index is 567. The molecular weight excluding hydrogens is 232 g/mol. The average molecular weight is 254 g/mol. The van der Waals surface area contributed by atoms with Crippen LogP contribution in [0, 0.1) is 5.41 Å². The highest BCUT2D eigenvalue weighted by Crippen LogP contribution is 2.49. The lowest BCUT2D eigenvalue weighted by atomic mass is 9.62. The second-order valence-electron chi connectivity index (χ2n) is 5.79. The van der Waals surface area contributed by atoms with Crippen LogP contribution in [-0.2, 0) is 0 Å². The van der Waals surface area contributed by atoms with E-state index in [0.29, 0.717) is 0 Å². The van der Waals surface area contributed by atoms with Crippen molar-refractivity contribution in [1.29, 1.82) is 0 Å². The first-order valence-electron chi connectivity index (χ1n) is 7.15. The van der Waals surface area contributed by atoms with Gasteiger partial charge < -0.3 is 11.1 Å².